The van der Waals surface area contributed by atoms with Crippen LogP contribution < -0.4 is 0 Å². The van der Waals surface area contributed by atoms with Crippen LogP contribution in [0.5, 0.6) is 0 Å². The highest BCUT2D eigenvalue weighted by Gasteiger charge is 2.03. The highest BCUT2D eigenvalue weighted by atomic mass is 35.5. The van der Waals surface area contributed by atoms with Gasteiger partial charge >= 0.3 is 4.84 Å². The Morgan fingerprint density at radius 2 is 2.13 bits per heavy atom. The molecular formula is C9H6Cl2N2OS. The van der Waals surface area contributed by atoms with E-state index in [1.165, 1.54) is 0 Å². The van der Waals surface area contributed by atoms with E-state index in [4.69, 9.17) is 39.9 Å². The van der Waals surface area contributed by atoms with Crippen LogP contribution in [0, 0.1) is 4.84 Å². The zero-order chi connectivity index (χ0) is 10.8. The number of H-pyrrole nitrogens is 1. The van der Waals surface area contributed by atoms with Crippen molar-refractivity contribution in [3.63, 3.8) is 0 Å². The van der Waals surface area contributed by atoms with Crippen molar-refractivity contribution >= 4 is 35.4 Å². The molecule has 1 heterocycles. The molecule has 0 spiro atoms. The third kappa shape index (κ3) is 2.59. The molecule has 0 bridgehead atoms. The smallest absolute Gasteiger partial charge is 0.314 e. The van der Waals surface area contributed by atoms with E-state index in [0.29, 0.717) is 22.3 Å². The van der Waals surface area contributed by atoms with Gasteiger partial charge in [0.15, 0.2) is 0 Å². The number of halogens is 2. The molecule has 1 aromatic carbocycles. The summed E-state index contributed by atoms with van der Waals surface area (Å²) in [6.45, 7) is 0. The van der Waals surface area contributed by atoms with Crippen molar-refractivity contribution in [3.05, 3.63) is 44.5 Å². The molecule has 2 aromatic rings. The molecule has 1 aromatic heterocycles. The summed E-state index contributed by atoms with van der Waals surface area (Å²) in [6.07, 6.45) is 0.580. The van der Waals surface area contributed by atoms with E-state index >= 15 is 0 Å². The van der Waals surface area contributed by atoms with E-state index < -0.39 is 0 Å². The van der Waals surface area contributed by atoms with Gasteiger partial charge in [-0.15, -0.1) is 0 Å². The fourth-order valence-corrected chi connectivity index (χ4v) is 1.65. The quantitative estimate of drug-likeness (QED) is 0.839. The summed E-state index contributed by atoms with van der Waals surface area (Å²) < 4.78 is 4.81. The van der Waals surface area contributed by atoms with Gasteiger partial charge in [0.05, 0.1) is 10.0 Å². The zero-order valence-electron chi connectivity index (χ0n) is 7.46. The summed E-state index contributed by atoms with van der Waals surface area (Å²) in [5, 5.41) is 3.68. The monoisotopic (exact) mass is 260 g/mol. The second kappa shape index (κ2) is 4.35. The number of hydrogen-bond donors (Lipinski definition) is 1. The second-order valence-corrected chi connectivity index (χ2v) is 4.12. The minimum atomic E-state index is 0.199. The molecule has 0 saturated heterocycles. The maximum atomic E-state index is 5.88. The molecule has 0 unspecified atom stereocenters. The predicted octanol–water partition coefficient (Wildman–Crippen LogP) is 3.63. The fraction of sp³-hybridized carbons (Fsp3) is 0.111. The van der Waals surface area contributed by atoms with Gasteiger partial charge in [-0.2, -0.15) is 4.98 Å². The van der Waals surface area contributed by atoms with Gasteiger partial charge in [0, 0.05) is 6.42 Å². The summed E-state index contributed by atoms with van der Waals surface area (Å²) in [5.41, 5.74) is 0.990. The van der Waals surface area contributed by atoms with Crippen molar-refractivity contribution in [3.8, 4) is 0 Å². The van der Waals surface area contributed by atoms with Crippen LogP contribution in [0.1, 0.15) is 11.4 Å². The number of aromatic amines is 1. The molecule has 0 radical (unpaired) electrons. The number of aromatic nitrogens is 2. The molecule has 2 rings (SSSR count). The normalized spacial score (nSPS) is 10.5. The predicted molar refractivity (Wildman–Crippen MR) is 61.0 cm³/mol. The van der Waals surface area contributed by atoms with Crippen LogP contribution in [-0.2, 0) is 6.42 Å². The standard InChI is InChI=1S/C9H6Cl2N2OS/c10-6-2-1-5(3-7(6)11)4-8-12-9(15)14-13-8/h1-3H,4H2,(H,12,13,15). The third-order valence-corrected chi connectivity index (χ3v) is 2.75. The lowest BCUT2D eigenvalue weighted by Crippen LogP contribution is -1.90. The van der Waals surface area contributed by atoms with Crippen LogP contribution in [0.25, 0.3) is 0 Å². The number of rotatable bonds is 2. The van der Waals surface area contributed by atoms with E-state index in [1.54, 1.807) is 12.1 Å². The first-order valence-corrected chi connectivity index (χ1v) is 5.30. The molecule has 0 fully saturated rings. The molecule has 6 heteroatoms. The van der Waals surface area contributed by atoms with Gasteiger partial charge in [0.1, 0.15) is 5.82 Å². The van der Waals surface area contributed by atoms with Crippen LogP contribution in [0.15, 0.2) is 22.7 Å². The molecule has 0 aliphatic heterocycles. The molecular weight excluding hydrogens is 255 g/mol. The van der Waals surface area contributed by atoms with Gasteiger partial charge in [0.2, 0.25) is 0 Å². The molecule has 0 aliphatic rings. The van der Waals surface area contributed by atoms with Crippen LogP contribution in [0.4, 0.5) is 0 Å². The fourth-order valence-electron chi connectivity index (χ4n) is 1.18. The highest BCUT2D eigenvalue weighted by Crippen LogP contribution is 2.23. The average Bonchev–Trinajstić information content (AvgIpc) is 2.58. The Morgan fingerprint density at radius 3 is 2.73 bits per heavy atom. The minimum Gasteiger partial charge on any atom is -0.348 e. The first-order chi connectivity index (χ1) is 7.15. The Balaban J connectivity index is 2.24. The van der Waals surface area contributed by atoms with Gasteiger partial charge in [0.25, 0.3) is 0 Å². The largest absolute Gasteiger partial charge is 0.348 e. The van der Waals surface area contributed by atoms with Gasteiger partial charge in [-0.1, -0.05) is 29.3 Å². The van der Waals surface area contributed by atoms with Crippen LogP contribution in [0.2, 0.25) is 10.0 Å². The van der Waals surface area contributed by atoms with E-state index in [-0.39, 0.29) is 4.84 Å². The Hall–Kier alpha value is -0.840. The summed E-state index contributed by atoms with van der Waals surface area (Å²) >= 11 is 16.4. The van der Waals surface area contributed by atoms with Crippen molar-refractivity contribution in [2.75, 3.05) is 0 Å². The Bertz CT molecular complexity index is 535. The van der Waals surface area contributed by atoms with Crippen LogP contribution in [0.3, 0.4) is 0 Å². The second-order valence-electron chi connectivity index (χ2n) is 2.95. The van der Waals surface area contributed by atoms with E-state index in [1.807, 2.05) is 6.07 Å². The number of nitrogens with one attached hydrogen (secondary N) is 1. The number of nitrogens with zero attached hydrogens (tertiary/aromatic N) is 1. The van der Waals surface area contributed by atoms with Gasteiger partial charge in [-0.25, -0.2) is 5.16 Å². The van der Waals surface area contributed by atoms with Gasteiger partial charge in [-0.05, 0) is 29.9 Å². The topological polar surface area (TPSA) is 41.8 Å². The summed E-state index contributed by atoms with van der Waals surface area (Å²) in [7, 11) is 0. The van der Waals surface area contributed by atoms with Gasteiger partial charge in [-0.3, -0.25) is 0 Å². The summed E-state index contributed by atoms with van der Waals surface area (Å²) in [6, 6.07) is 5.41. The maximum absolute atomic E-state index is 5.88. The van der Waals surface area contributed by atoms with Crippen molar-refractivity contribution in [2.24, 2.45) is 0 Å². The zero-order valence-corrected chi connectivity index (χ0v) is 9.79. The molecule has 78 valence electrons. The average molecular weight is 261 g/mol. The van der Waals surface area contributed by atoms with Crippen molar-refractivity contribution in [1.29, 1.82) is 0 Å². The lowest BCUT2D eigenvalue weighted by molar-refractivity contribution is 0.399. The van der Waals surface area contributed by atoms with E-state index in [9.17, 15) is 0 Å². The lowest BCUT2D eigenvalue weighted by atomic mass is 10.1. The van der Waals surface area contributed by atoms with Crippen molar-refractivity contribution in [1.82, 2.24) is 10.1 Å². The van der Waals surface area contributed by atoms with Gasteiger partial charge < -0.3 is 4.52 Å². The van der Waals surface area contributed by atoms with Crippen molar-refractivity contribution < 1.29 is 4.52 Å². The first kappa shape index (κ1) is 10.7. The number of hydrogen-bond acceptors (Lipinski definition) is 3. The van der Waals surface area contributed by atoms with Crippen LogP contribution in [-0.4, -0.2) is 10.1 Å². The molecule has 15 heavy (non-hydrogen) atoms. The molecule has 1 N–H and O–H groups in total. The first-order valence-electron chi connectivity index (χ1n) is 4.13. The van der Waals surface area contributed by atoms with E-state index in [2.05, 4.69) is 10.1 Å². The molecule has 0 saturated carbocycles. The molecule has 0 aliphatic carbocycles. The molecule has 3 nitrogen and oxygen atoms in total. The van der Waals surface area contributed by atoms with Crippen molar-refractivity contribution in [2.45, 2.75) is 6.42 Å². The third-order valence-electron chi connectivity index (χ3n) is 1.84. The minimum absolute atomic E-state index is 0.199. The highest BCUT2D eigenvalue weighted by molar-refractivity contribution is 7.71. The Labute approximate surface area is 101 Å². The Morgan fingerprint density at radius 1 is 1.33 bits per heavy atom. The Kier molecular flexibility index (Phi) is 3.09. The SMILES string of the molecule is S=c1nc(Cc2ccc(Cl)c(Cl)c2)[nH]o1. The number of benzene rings is 1. The summed E-state index contributed by atoms with van der Waals surface area (Å²) in [4.78, 5) is 4.17. The van der Waals surface area contributed by atoms with Crippen LogP contribution >= 0.6 is 35.4 Å². The molecule has 0 amide bonds. The van der Waals surface area contributed by atoms with E-state index in [0.717, 1.165) is 5.56 Å². The summed E-state index contributed by atoms with van der Waals surface area (Å²) in [5.74, 6) is 0.665. The lowest BCUT2D eigenvalue weighted by Gasteiger charge is -1.99. The molecule has 0 atom stereocenters. The maximum Gasteiger partial charge on any atom is 0.314 e.